The maximum absolute atomic E-state index is 11.3. The average molecular weight is 340 g/mol. The number of hydrogen-bond acceptors (Lipinski definition) is 4. The minimum atomic E-state index is -0.439. The number of hydrogen-bond donors (Lipinski definition) is 0. The summed E-state index contributed by atoms with van der Waals surface area (Å²) in [4.78, 5) is 11.3. The normalized spacial score (nSPS) is 25.8. The van der Waals surface area contributed by atoms with Gasteiger partial charge in [-0.3, -0.25) is 0 Å². The second-order valence-corrected chi connectivity index (χ2v) is 6.40. The van der Waals surface area contributed by atoms with E-state index in [9.17, 15) is 4.79 Å². The van der Waals surface area contributed by atoms with Gasteiger partial charge in [-0.2, -0.15) is 0 Å². The Kier molecular flexibility index (Phi) is 6.34. The van der Waals surface area contributed by atoms with Crippen LogP contribution in [0.5, 0.6) is 0 Å². The first-order valence-electron chi connectivity index (χ1n) is 8.66. The second-order valence-electron chi connectivity index (χ2n) is 6.40. The molecule has 1 aliphatic rings. The molecule has 0 bridgehead atoms. The molecule has 0 radical (unpaired) electrons. The first kappa shape index (κ1) is 17.8. The van der Waals surface area contributed by atoms with Gasteiger partial charge in [-0.1, -0.05) is 67.6 Å². The van der Waals surface area contributed by atoms with Crippen molar-refractivity contribution >= 4 is 6.29 Å². The third kappa shape index (κ3) is 4.75. The molecule has 3 rings (SSSR count). The van der Waals surface area contributed by atoms with E-state index in [-0.39, 0.29) is 18.1 Å². The van der Waals surface area contributed by atoms with Gasteiger partial charge in [0.25, 0.3) is 0 Å². The lowest BCUT2D eigenvalue weighted by atomic mass is 9.99. The van der Waals surface area contributed by atoms with Crippen LogP contribution in [-0.2, 0) is 32.2 Å². The summed E-state index contributed by atoms with van der Waals surface area (Å²) in [5.41, 5.74) is 2.22. The van der Waals surface area contributed by atoms with Crippen LogP contribution in [0.3, 0.4) is 0 Å². The highest BCUT2D eigenvalue weighted by Crippen LogP contribution is 2.29. The third-order valence-corrected chi connectivity index (χ3v) is 4.55. The summed E-state index contributed by atoms with van der Waals surface area (Å²) in [5, 5.41) is 0. The van der Waals surface area contributed by atoms with Gasteiger partial charge in [0, 0.05) is 5.92 Å². The number of benzene rings is 2. The molecule has 2 aromatic rings. The van der Waals surface area contributed by atoms with E-state index < -0.39 is 6.10 Å². The number of rotatable bonds is 8. The summed E-state index contributed by atoms with van der Waals surface area (Å²) < 4.78 is 17.7. The number of ether oxygens (including phenoxy) is 3. The molecule has 132 valence electrons. The van der Waals surface area contributed by atoms with Crippen LogP contribution < -0.4 is 0 Å². The quantitative estimate of drug-likeness (QED) is 0.691. The number of carbonyl (C=O) groups is 1. The molecule has 0 aromatic heterocycles. The van der Waals surface area contributed by atoms with Gasteiger partial charge in [0.05, 0.1) is 25.9 Å². The molecule has 0 amide bonds. The van der Waals surface area contributed by atoms with Gasteiger partial charge in [0.1, 0.15) is 18.5 Å². The van der Waals surface area contributed by atoms with Crippen LogP contribution >= 0.6 is 0 Å². The standard InChI is InChI=1S/C21H24O4/c1-16-19(12-22)25-20(15-23-13-17-8-4-2-5-9-17)21(16)24-14-18-10-6-3-7-11-18/h2-12,16,19-21H,13-15H2,1H3/t16?,19-,20-,21?/m1/s1. The molecule has 1 aliphatic heterocycles. The zero-order valence-electron chi connectivity index (χ0n) is 14.4. The molecule has 1 heterocycles. The van der Waals surface area contributed by atoms with E-state index in [0.717, 1.165) is 17.4 Å². The molecule has 0 N–H and O–H groups in total. The van der Waals surface area contributed by atoms with Crippen molar-refractivity contribution < 1.29 is 19.0 Å². The maximum atomic E-state index is 11.3. The Hall–Kier alpha value is -2.01. The summed E-state index contributed by atoms with van der Waals surface area (Å²) >= 11 is 0. The van der Waals surface area contributed by atoms with Crippen molar-refractivity contribution in [3.63, 3.8) is 0 Å². The Labute approximate surface area is 148 Å². The Balaban J connectivity index is 1.56. The van der Waals surface area contributed by atoms with Crippen LogP contribution in [0, 0.1) is 5.92 Å². The maximum Gasteiger partial charge on any atom is 0.149 e. The Morgan fingerprint density at radius 1 is 0.960 bits per heavy atom. The lowest BCUT2D eigenvalue weighted by Crippen LogP contribution is -2.32. The Bertz CT molecular complexity index is 643. The largest absolute Gasteiger partial charge is 0.374 e. The fourth-order valence-electron chi connectivity index (χ4n) is 3.11. The van der Waals surface area contributed by atoms with Gasteiger partial charge in [0.2, 0.25) is 0 Å². The highest BCUT2D eigenvalue weighted by molar-refractivity contribution is 5.57. The Morgan fingerprint density at radius 3 is 2.16 bits per heavy atom. The summed E-state index contributed by atoms with van der Waals surface area (Å²) in [7, 11) is 0. The van der Waals surface area contributed by atoms with Crippen molar-refractivity contribution in [2.45, 2.75) is 38.4 Å². The lowest BCUT2D eigenvalue weighted by Gasteiger charge is -2.21. The van der Waals surface area contributed by atoms with Crippen LogP contribution in [0.4, 0.5) is 0 Å². The van der Waals surface area contributed by atoms with Gasteiger partial charge in [-0.25, -0.2) is 0 Å². The molecule has 4 nitrogen and oxygen atoms in total. The van der Waals surface area contributed by atoms with Gasteiger partial charge in [-0.05, 0) is 11.1 Å². The minimum Gasteiger partial charge on any atom is -0.374 e. The first-order valence-corrected chi connectivity index (χ1v) is 8.66. The fourth-order valence-corrected chi connectivity index (χ4v) is 3.11. The summed E-state index contributed by atoms with van der Waals surface area (Å²) in [6.07, 6.45) is 0.0238. The van der Waals surface area contributed by atoms with E-state index >= 15 is 0 Å². The van der Waals surface area contributed by atoms with E-state index in [2.05, 4.69) is 0 Å². The summed E-state index contributed by atoms with van der Waals surface area (Å²) in [6, 6.07) is 20.0. The smallest absolute Gasteiger partial charge is 0.149 e. The molecule has 2 unspecified atom stereocenters. The molecule has 4 atom stereocenters. The van der Waals surface area contributed by atoms with E-state index in [0.29, 0.717) is 19.8 Å². The van der Waals surface area contributed by atoms with Crippen LogP contribution in [0.2, 0.25) is 0 Å². The van der Waals surface area contributed by atoms with Gasteiger partial charge in [0.15, 0.2) is 0 Å². The zero-order chi connectivity index (χ0) is 17.5. The molecular formula is C21H24O4. The van der Waals surface area contributed by atoms with Crippen molar-refractivity contribution in [3.8, 4) is 0 Å². The minimum absolute atomic E-state index is 0.00605. The summed E-state index contributed by atoms with van der Waals surface area (Å²) in [5.74, 6) is 0.00605. The van der Waals surface area contributed by atoms with Crippen LogP contribution in [0.15, 0.2) is 60.7 Å². The fraction of sp³-hybridized carbons (Fsp3) is 0.381. The molecule has 0 spiro atoms. The molecule has 0 aliphatic carbocycles. The molecule has 2 aromatic carbocycles. The first-order chi connectivity index (χ1) is 12.3. The highest BCUT2D eigenvalue weighted by atomic mass is 16.6. The second kappa shape index (κ2) is 8.90. The monoisotopic (exact) mass is 340 g/mol. The van der Waals surface area contributed by atoms with Gasteiger partial charge >= 0.3 is 0 Å². The topological polar surface area (TPSA) is 44.8 Å². The van der Waals surface area contributed by atoms with E-state index in [1.165, 1.54) is 0 Å². The predicted molar refractivity (Wildman–Crippen MR) is 95.0 cm³/mol. The molecule has 25 heavy (non-hydrogen) atoms. The summed E-state index contributed by atoms with van der Waals surface area (Å²) in [6.45, 7) is 3.42. The molecule has 1 saturated heterocycles. The average Bonchev–Trinajstić information content (AvgIpc) is 2.97. The van der Waals surface area contributed by atoms with Crippen LogP contribution in [0.25, 0.3) is 0 Å². The highest BCUT2D eigenvalue weighted by Gasteiger charge is 2.42. The predicted octanol–water partition coefficient (Wildman–Crippen LogP) is 3.39. The van der Waals surface area contributed by atoms with Crippen molar-refractivity contribution in [2.75, 3.05) is 6.61 Å². The van der Waals surface area contributed by atoms with E-state index in [1.807, 2.05) is 67.6 Å². The molecular weight excluding hydrogens is 316 g/mol. The van der Waals surface area contributed by atoms with Gasteiger partial charge in [-0.15, -0.1) is 0 Å². The Morgan fingerprint density at radius 2 is 1.56 bits per heavy atom. The van der Waals surface area contributed by atoms with Crippen molar-refractivity contribution in [1.29, 1.82) is 0 Å². The van der Waals surface area contributed by atoms with E-state index in [4.69, 9.17) is 14.2 Å². The van der Waals surface area contributed by atoms with Crippen LogP contribution in [-0.4, -0.2) is 31.2 Å². The number of carbonyl (C=O) groups excluding carboxylic acids is 1. The van der Waals surface area contributed by atoms with Gasteiger partial charge < -0.3 is 19.0 Å². The number of aldehydes is 1. The third-order valence-electron chi connectivity index (χ3n) is 4.55. The molecule has 0 saturated carbocycles. The van der Waals surface area contributed by atoms with Crippen molar-refractivity contribution in [3.05, 3.63) is 71.8 Å². The van der Waals surface area contributed by atoms with Crippen LogP contribution in [0.1, 0.15) is 18.1 Å². The zero-order valence-corrected chi connectivity index (χ0v) is 14.4. The van der Waals surface area contributed by atoms with Crippen molar-refractivity contribution in [2.24, 2.45) is 5.92 Å². The SMILES string of the molecule is CC1C(OCc2ccccc2)[C@@H](COCc2ccccc2)O[C@@H]1C=O. The molecule has 1 fully saturated rings. The van der Waals surface area contributed by atoms with Crippen molar-refractivity contribution in [1.82, 2.24) is 0 Å². The lowest BCUT2D eigenvalue weighted by molar-refractivity contribution is -0.121. The molecule has 4 heteroatoms. The van der Waals surface area contributed by atoms with E-state index in [1.54, 1.807) is 0 Å².